The van der Waals surface area contributed by atoms with Crippen molar-refractivity contribution < 1.29 is 5.11 Å². The summed E-state index contributed by atoms with van der Waals surface area (Å²) in [7, 11) is 0. The minimum absolute atomic E-state index is 0.205. The third-order valence-electron chi connectivity index (χ3n) is 3.89. The van der Waals surface area contributed by atoms with Crippen molar-refractivity contribution in [2.75, 3.05) is 6.61 Å². The topological polar surface area (TPSA) is 83.8 Å². The van der Waals surface area contributed by atoms with Gasteiger partial charge < -0.3 is 14.7 Å². The van der Waals surface area contributed by atoms with Gasteiger partial charge in [-0.1, -0.05) is 6.42 Å². The van der Waals surface area contributed by atoms with Crippen LogP contribution in [0.15, 0.2) is 17.4 Å². The lowest BCUT2D eigenvalue weighted by Crippen LogP contribution is -2.18. The number of aromatic nitrogens is 4. The van der Waals surface area contributed by atoms with E-state index < -0.39 is 0 Å². The number of hydrogen-bond acceptors (Lipinski definition) is 4. The molecule has 0 unspecified atom stereocenters. The SMILES string of the molecule is O=c1[nH]cnc2c1ncn2C[C@@H]1CCC[C@H]1CO. The average Bonchev–Trinajstić information content (AvgIpc) is 2.98. The molecule has 0 amide bonds. The normalized spacial score (nSPS) is 23.8. The Bertz CT molecular complexity index is 603. The minimum Gasteiger partial charge on any atom is -0.396 e. The Morgan fingerprint density at radius 2 is 2.22 bits per heavy atom. The van der Waals surface area contributed by atoms with E-state index in [1.807, 2.05) is 4.57 Å². The Morgan fingerprint density at radius 3 is 3.06 bits per heavy atom. The fraction of sp³-hybridized carbons (Fsp3) is 0.583. The van der Waals surface area contributed by atoms with E-state index in [-0.39, 0.29) is 12.2 Å². The van der Waals surface area contributed by atoms with Crippen LogP contribution in [-0.4, -0.2) is 31.2 Å². The zero-order valence-corrected chi connectivity index (χ0v) is 10.0. The Balaban J connectivity index is 1.91. The largest absolute Gasteiger partial charge is 0.396 e. The zero-order valence-electron chi connectivity index (χ0n) is 10.0. The molecule has 1 saturated carbocycles. The Kier molecular flexibility index (Phi) is 2.87. The average molecular weight is 248 g/mol. The fourth-order valence-electron chi connectivity index (χ4n) is 2.87. The second-order valence-electron chi connectivity index (χ2n) is 4.93. The minimum atomic E-state index is -0.205. The number of rotatable bonds is 3. The highest BCUT2D eigenvalue weighted by Gasteiger charge is 2.27. The van der Waals surface area contributed by atoms with Crippen molar-refractivity contribution >= 4 is 11.2 Å². The molecular weight excluding hydrogens is 232 g/mol. The molecule has 2 heterocycles. The van der Waals surface area contributed by atoms with E-state index in [4.69, 9.17) is 0 Å². The van der Waals surface area contributed by atoms with Gasteiger partial charge in [-0.15, -0.1) is 0 Å². The summed E-state index contributed by atoms with van der Waals surface area (Å²) in [5, 5.41) is 9.33. The number of fused-ring (bicyclic) bond motifs is 1. The fourth-order valence-corrected chi connectivity index (χ4v) is 2.87. The van der Waals surface area contributed by atoms with Crippen molar-refractivity contribution in [2.45, 2.75) is 25.8 Å². The van der Waals surface area contributed by atoms with E-state index in [9.17, 15) is 9.90 Å². The van der Waals surface area contributed by atoms with E-state index >= 15 is 0 Å². The van der Waals surface area contributed by atoms with Crippen LogP contribution in [0, 0.1) is 11.8 Å². The second kappa shape index (κ2) is 4.53. The molecule has 2 atom stereocenters. The van der Waals surface area contributed by atoms with Crippen molar-refractivity contribution in [3.8, 4) is 0 Å². The van der Waals surface area contributed by atoms with Crippen LogP contribution in [0.5, 0.6) is 0 Å². The van der Waals surface area contributed by atoms with E-state index in [1.165, 1.54) is 6.33 Å². The first kappa shape index (κ1) is 11.4. The first-order valence-corrected chi connectivity index (χ1v) is 6.29. The van der Waals surface area contributed by atoms with E-state index in [1.54, 1.807) is 6.33 Å². The predicted molar refractivity (Wildman–Crippen MR) is 66.1 cm³/mol. The number of H-pyrrole nitrogens is 1. The maximum atomic E-state index is 11.5. The van der Waals surface area contributed by atoms with Crippen molar-refractivity contribution in [1.29, 1.82) is 0 Å². The molecule has 1 aliphatic rings. The maximum absolute atomic E-state index is 11.5. The van der Waals surface area contributed by atoms with Crippen LogP contribution in [0.25, 0.3) is 11.2 Å². The highest BCUT2D eigenvalue weighted by Crippen LogP contribution is 2.32. The molecule has 0 aromatic carbocycles. The molecule has 6 heteroatoms. The number of aliphatic hydroxyl groups is 1. The molecule has 0 aliphatic heterocycles. The van der Waals surface area contributed by atoms with Crippen LogP contribution in [0.4, 0.5) is 0 Å². The van der Waals surface area contributed by atoms with Gasteiger partial charge >= 0.3 is 0 Å². The van der Waals surface area contributed by atoms with Crippen LogP contribution in [0.2, 0.25) is 0 Å². The van der Waals surface area contributed by atoms with Gasteiger partial charge in [-0.25, -0.2) is 9.97 Å². The predicted octanol–water partition coefficient (Wildman–Crippen LogP) is 0.528. The molecule has 2 N–H and O–H groups in total. The molecule has 1 aliphatic carbocycles. The molecule has 3 rings (SSSR count). The molecule has 96 valence electrons. The van der Waals surface area contributed by atoms with Gasteiger partial charge in [0.25, 0.3) is 5.56 Å². The second-order valence-corrected chi connectivity index (χ2v) is 4.93. The molecule has 0 radical (unpaired) electrons. The number of nitrogens with one attached hydrogen (secondary N) is 1. The maximum Gasteiger partial charge on any atom is 0.278 e. The van der Waals surface area contributed by atoms with Crippen LogP contribution < -0.4 is 5.56 Å². The summed E-state index contributed by atoms with van der Waals surface area (Å²) < 4.78 is 1.92. The molecule has 0 saturated heterocycles. The van der Waals surface area contributed by atoms with Gasteiger partial charge in [0.1, 0.15) is 0 Å². The highest BCUT2D eigenvalue weighted by atomic mass is 16.3. The Hall–Kier alpha value is -1.69. The Labute approximate surface area is 104 Å². The molecule has 1 fully saturated rings. The third kappa shape index (κ3) is 1.82. The first-order valence-electron chi connectivity index (χ1n) is 6.29. The summed E-state index contributed by atoms with van der Waals surface area (Å²) >= 11 is 0. The van der Waals surface area contributed by atoms with Gasteiger partial charge in [-0.05, 0) is 24.7 Å². The summed E-state index contributed by atoms with van der Waals surface area (Å²) in [5.41, 5.74) is 0.808. The van der Waals surface area contributed by atoms with Crippen molar-refractivity contribution in [1.82, 2.24) is 19.5 Å². The van der Waals surface area contributed by atoms with Crippen molar-refractivity contribution in [3.05, 3.63) is 23.0 Å². The van der Waals surface area contributed by atoms with Crippen LogP contribution >= 0.6 is 0 Å². The lowest BCUT2D eigenvalue weighted by atomic mass is 9.97. The van der Waals surface area contributed by atoms with Gasteiger partial charge in [-0.3, -0.25) is 4.79 Å². The smallest absolute Gasteiger partial charge is 0.278 e. The number of aromatic amines is 1. The summed E-state index contributed by atoms with van der Waals surface area (Å²) in [6, 6.07) is 0. The summed E-state index contributed by atoms with van der Waals surface area (Å²) in [4.78, 5) is 22.3. The van der Waals surface area contributed by atoms with Crippen LogP contribution in [0.1, 0.15) is 19.3 Å². The lowest BCUT2D eigenvalue weighted by Gasteiger charge is -2.17. The van der Waals surface area contributed by atoms with Crippen molar-refractivity contribution in [3.63, 3.8) is 0 Å². The quantitative estimate of drug-likeness (QED) is 0.829. The molecule has 2 aromatic heterocycles. The van der Waals surface area contributed by atoms with E-state index in [2.05, 4.69) is 15.0 Å². The van der Waals surface area contributed by atoms with Crippen LogP contribution in [-0.2, 0) is 6.54 Å². The molecule has 18 heavy (non-hydrogen) atoms. The van der Waals surface area contributed by atoms with E-state index in [0.717, 1.165) is 25.8 Å². The monoisotopic (exact) mass is 248 g/mol. The highest BCUT2D eigenvalue weighted by molar-refractivity contribution is 5.68. The molecule has 2 aromatic rings. The molecule has 6 nitrogen and oxygen atoms in total. The summed E-state index contributed by atoms with van der Waals surface area (Å²) in [6.45, 7) is 1.02. The van der Waals surface area contributed by atoms with Gasteiger partial charge in [0, 0.05) is 13.2 Å². The number of nitrogens with zero attached hydrogens (tertiary/aromatic N) is 3. The summed E-state index contributed by atoms with van der Waals surface area (Å²) in [5.74, 6) is 0.818. The van der Waals surface area contributed by atoms with Gasteiger partial charge in [-0.2, -0.15) is 0 Å². The van der Waals surface area contributed by atoms with Gasteiger partial charge in [0.05, 0.1) is 12.7 Å². The Morgan fingerprint density at radius 1 is 1.39 bits per heavy atom. The number of aliphatic hydroxyl groups excluding tert-OH is 1. The van der Waals surface area contributed by atoms with Crippen LogP contribution in [0.3, 0.4) is 0 Å². The number of hydrogen-bond donors (Lipinski definition) is 2. The molecule has 0 bridgehead atoms. The van der Waals surface area contributed by atoms with E-state index in [0.29, 0.717) is 23.0 Å². The lowest BCUT2D eigenvalue weighted by molar-refractivity contribution is 0.185. The first-order chi connectivity index (χ1) is 8.79. The molecule has 0 spiro atoms. The van der Waals surface area contributed by atoms with Gasteiger partial charge in [0.15, 0.2) is 11.2 Å². The van der Waals surface area contributed by atoms with Crippen molar-refractivity contribution in [2.24, 2.45) is 11.8 Å². The van der Waals surface area contributed by atoms with Gasteiger partial charge in [0.2, 0.25) is 0 Å². The number of imidazole rings is 1. The summed E-state index contributed by atoms with van der Waals surface area (Å²) in [6.07, 6.45) is 6.44. The standard InChI is InChI=1S/C12H16N4O2/c17-5-9-3-1-2-8(9)4-16-7-15-10-11(16)13-6-14-12(10)18/h6-9,17H,1-5H2,(H,13,14,18)/t8-,9-/m0/s1. The zero-order chi connectivity index (χ0) is 12.5. The molecular formula is C12H16N4O2. The third-order valence-corrected chi connectivity index (χ3v) is 3.89.